The van der Waals surface area contributed by atoms with Gasteiger partial charge in [-0.25, -0.2) is 0 Å². The van der Waals surface area contributed by atoms with E-state index in [-0.39, 0.29) is 5.41 Å². The van der Waals surface area contributed by atoms with Crippen LogP contribution in [-0.4, -0.2) is 10.7 Å². The quantitative estimate of drug-likeness (QED) is 0.722. The van der Waals surface area contributed by atoms with Gasteiger partial charge in [0.15, 0.2) is 0 Å². The van der Waals surface area contributed by atoms with E-state index in [1.54, 1.807) is 0 Å². The van der Waals surface area contributed by atoms with Crippen LogP contribution in [0.5, 0.6) is 0 Å². The molecule has 0 radical (unpaired) electrons. The third kappa shape index (κ3) is 2.93. The minimum Gasteiger partial charge on any atom is -0.390 e. The maximum atomic E-state index is 10.7. The van der Waals surface area contributed by atoms with Crippen LogP contribution in [0.1, 0.15) is 60.8 Å². The lowest BCUT2D eigenvalue weighted by atomic mass is 9.57. The second-order valence-electron chi connectivity index (χ2n) is 7.20. The molecule has 0 aromatic carbocycles. The molecule has 0 aliphatic heterocycles. The van der Waals surface area contributed by atoms with Crippen LogP contribution in [0, 0.1) is 23.2 Å². The number of hydrogen-bond donors (Lipinski definition) is 1. The zero-order valence-corrected chi connectivity index (χ0v) is 12.5. The van der Waals surface area contributed by atoms with Crippen molar-refractivity contribution in [1.29, 1.82) is 0 Å². The SMILES string of the molecule is C=C(C)[C@@H]1CC[C@](C)(O)[C@H](C(C)(C)C(C)C)C1. The van der Waals surface area contributed by atoms with Crippen LogP contribution in [0.3, 0.4) is 0 Å². The van der Waals surface area contributed by atoms with Crippen molar-refractivity contribution < 1.29 is 5.11 Å². The van der Waals surface area contributed by atoms with Crippen LogP contribution in [0.2, 0.25) is 0 Å². The van der Waals surface area contributed by atoms with Gasteiger partial charge >= 0.3 is 0 Å². The highest BCUT2D eigenvalue weighted by atomic mass is 16.3. The van der Waals surface area contributed by atoms with E-state index in [0.717, 1.165) is 19.3 Å². The summed E-state index contributed by atoms with van der Waals surface area (Å²) in [6.07, 6.45) is 3.09. The van der Waals surface area contributed by atoms with Crippen LogP contribution >= 0.6 is 0 Å². The van der Waals surface area contributed by atoms with Gasteiger partial charge in [-0.15, -0.1) is 0 Å². The van der Waals surface area contributed by atoms with Gasteiger partial charge in [0, 0.05) is 0 Å². The largest absolute Gasteiger partial charge is 0.390 e. The summed E-state index contributed by atoms with van der Waals surface area (Å²) in [5.74, 6) is 1.55. The van der Waals surface area contributed by atoms with Gasteiger partial charge < -0.3 is 5.11 Å². The van der Waals surface area contributed by atoms with Crippen LogP contribution in [0.4, 0.5) is 0 Å². The second kappa shape index (κ2) is 4.76. The van der Waals surface area contributed by atoms with E-state index >= 15 is 0 Å². The first-order valence-corrected chi connectivity index (χ1v) is 6.96. The van der Waals surface area contributed by atoms with E-state index in [0.29, 0.717) is 17.8 Å². The fraction of sp³-hybridized carbons (Fsp3) is 0.875. The minimum atomic E-state index is -0.514. The molecular weight excluding hydrogens is 208 g/mol. The first-order chi connectivity index (χ1) is 7.59. The van der Waals surface area contributed by atoms with Crippen molar-refractivity contribution in [3.8, 4) is 0 Å². The first kappa shape index (κ1) is 14.8. The van der Waals surface area contributed by atoms with Crippen LogP contribution in [0.25, 0.3) is 0 Å². The molecule has 1 rings (SSSR count). The number of aliphatic hydroxyl groups is 1. The van der Waals surface area contributed by atoms with Crippen molar-refractivity contribution in [1.82, 2.24) is 0 Å². The van der Waals surface area contributed by atoms with Gasteiger partial charge in [-0.1, -0.05) is 39.8 Å². The number of hydrogen-bond acceptors (Lipinski definition) is 1. The maximum Gasteiger partial charge on any atom is 0.0653 e. The average Bonchev–Trinajstić information content (AvgIpc) is 2.15. The lowest BCUT2D eigenvalue weighted by Crippen LogP contribution is -2.49. The molecule has 0 heterocycles. The standard InChI is InChI=1S/C16H30O/c1-11(2)13-8-9-16(7,17)14(10-13)15(5,6)12(3)4/h12-14,17H,1,8-10H2,2-7H3/t13-,14+,16+/m1/s1. The Kier molecular flexibility index (Phi) is 4.13. The monoisotopic (exact) mass is 238 g/mol. The molecular formula is C16H30O. The Morgan fingerprint density at radius 2 is 1.94 bits per heavy atom. The number of allylic oxidation sites excluding steroid dienone is 1. The fourth-order valence-corrected chi connectivity index (χ4v) is 3.25. The third-order valence-corrected chi connectivity index (χ3v) is 5.35. The highest BCUT2D eigenvalue weighted by Gasteiger charge is 2.47. The Morgan fingerprint density at radius 3 is 2.35 bits per heavy atom. The predicted molar refractivity (Wildman–Crippen MR) is 74.9 cm³/mol. The zero-order valence-electron chi connectivity index (χ0n) is 12.5. The van der Waals surface area contributed by atoms with Crippen molar-refractivity contribution in [3.63, 3.8) is 0 Å². The summed E-state index contributed by atoms with van der Waals surface area (Å²) in [6, 6.07) is 0. The van der Waals surface area contributed by atoms with Gasteiger partial charge in [0.1, 0.15) is 0 Å². The van der Waals surface area contributed by atoms with Crippen molar-refractivity contribution in [3.05, 3.63) is 12.2 Å². The molecule has 1 aliphatic carbocycles. The summed E-state index contributed by atoms with van der Waals surface area (Å²) in [6.45, 7) is 17.4. The van der Waals surface area contributed by atoms with Gasteiger partial charge in [-0.3, -0.25) is 0 Å². The highest BCUT2D eigenvalue weighted by molar-refractivity contribution is 5.05. The van der Waals surface area contributed by atoms with Crippen molar-refractivity contribution >= 4 is 0 Å². The molecule has 100 valence electrons. The van der Waals surface area contributed by atoms with Gasteiger partial charge in [0.05, 0.1) is 5.60 Å². The lowest BCUT2D eigenvalue weighted by molar-refractivity contribution is -0.102. The Morgan fingerprint density at radius 1 is 1.41 bits per heavy atom. The molecule has 1 nitrogen and oxygen atoms in total. The Hall–Kier alpha value is -0.300. The van der Waals surface area contributed by atoms with Gasteiger partial charge in [0.25, 0.3) is 0 Å². The molecule has 0 spiro atoms. The Balaban J connectivity index is 2.96. The Bertz CT molecular complexity index is 286. The molecule has 1 aliphatic rings. The molecule has 0 amide bonds. The third-order valence-electron chi connectivity index (χ3n) is 5.35. The second-order valence-corrected chi connectivity index (χ2v) is 7.20. The molecule has 1 saturated carbocycles. The van der Waals surface area contributed by atoms with Crippen molar-refractivity contribution in [2.45, 2.75) is 66.4 Å². The van der Waals surface area contributed by atoms with E-state index < -0.39 is 5.60 Å². The molecule has 1 heteroatoms. The lowest BCUT2D eigenvalue weighted by Gasteiger charge is -2.50. The Labute approximate surface area is 107 Å². The molecule has 0 saturated heterocycles. The summed E-state index contributed by atoms with van der Waals surface area (Å²) in [4.78, 5) is 0. The molecule has 0 aromatic heterocycles. The topological polar surface area (TPSA) is 20.2 Å². The first-order valence-electron chi connectivity index (χ1n) is 6.96. The van der Waals surface area contributed by atoms with Crippen LogP contribution in [0.15, 0.2) is 12.2 Å². The van der Waals surface area contributed by atoms with Gasteiger partial charge in [0.2, 0.25) is 0 Å². The predicted octanol–water partition coefficient (Wildman–Crippen LogP) is 4.41. The number of rotatable bonds is 3. The van der Waals surface area contributed by atoms with Crippen molar-refractivity contribution in [2.24, 2.45) is 23.2 Å². The van der Waals surface area contributed by atoms with Crippen LogP contribution in [-0.2, 0) is 0 Å². The van der Waals surface area contributed by atoms with E-state index in [1.165, 1.54) is 5.57 Å². The van der Waals surface area contributed by atoms with Gasteiger partial charge in [-0.05, 0) is 56.3 Å². The minimum absolute atomic E-state index is 0.178. The normalized spacial score (nSPS) is 35.1. The summed E-state index contributed by atoms with van der Waals surface area (Å²) < 4.78 is 0. The molecule has 1 N–H and O–H groups in total. The zero-order chi connectivity index (χ0) is 13.4. The van der Waals surface area contributed by atoms with Gasteiger partial charge in [-0.2, -0.15) is 0 Å². The van der Waals surface area contributed by atoms with E-state index in [2.05, 4.69) is 41.2 Å². The fourth-order valence-electron chi connectivity index (χ4n) is 3.25. The molecule has 17 heavy (non-hydrogen) atoms. The molecule has 0 unspecified atom stereocenters. The summed E-state index contributed by atoms with van der Waals surface area (Å²) in [7, 11) is 0. The van der Waals surface area contributed by atoms with Crippen molar-refractivity contribution in [2.75, 3.05) is 0 Å². The highest BCUT2D eigenvalue weighted by Crippen LogP contribution is 2.50. The average molecular weight is 238 g/mol. The van der Waals surface area contributed by atoms with E-state index in [1.807, 2.05) is 6.92 Å². The molecule has 0 bridgehead atoms. The summed E-state index contributed by atoms with van der Waals surface area (Å²) in [5.41, 5.74) is 0.946. The smallest absolute Gasteiger partial charge is 0.0653 e. The van der Waals surface area contributed by atoms with E-state index in [4.69, 9.17) is 0 Å². The maximum absolute atomic E-state index is 10.7. The van der Waals surface area contributed by atoms with E-state index in [9.17, 15) is 5.11 Å². The molecule has 0 aromatic rings. The van der Waals surface area contributed by atoms with Crippen LogP contribution < -0.4 is 0 Å². The summed E-state index contributed by atoms with van der Waals surface area (Å²) >= 11 is 0. The summed E-state index contributed by atoms with van der Waals surface area (Å²) in [5, 5.41) is 10.7. The molecule has 1 fully saturated rings. The molecule has 3 atom stereocenters.